The first-order valence-corrected chi connectivity index (χ1v) is 9.14. The number of carbonyl (C=O) groups excluding carboxylic acids is 1. The van der Waals surface area contributed by atoms with Crippen LogP contribution in [0, 0.1) is 5.92 Å². The van der Waals surface area contributed by atoms with Gasteiger partial charge in [-0.1, -0.05) is 6.07 Å². The largest absolute Gasteiger partial charge is 0.372 e. The molecule has 2 aromatic heterocycles. The van der Waals surface area contributed by atoms with E-state index in [1.54, 1.807) is 30.3 Å². The third kappa shape index (κ3) is 3.78. The van der Waals surface area contributed by atoms with Gasteiger partial charge in [-0.3, -0.25) is 19.4 Å². The van der Waals surface area contributed by atoms with Gasteiger partial charge >= 0.3 is 0 Å². The molecule has 7 heteroatoms. The van der Waals surface area contributed by atoms with Crippen molar-refractivity contribution in [2.75, 3.05) is 26.2 Å². The molecular formula is C19H25N5O2. The zero-order valence-electron chi connectivity index (χ0n) is 15.1. The maximum absolute atomic E-state index is 12.1. The molecule has 0 aromatic carbocycles. The lowest BCUT2D eigenvalue weighted by Gasteiger charge is -2.53. The maximum Gasteiger partial charge on any atom is 0.254 e. The second-order valence-electron chi connectivity index (χ2n) is 7.52. The summed E-state index contributed by atoms with van der Waals surface area (Å²) in [5.74, 6) is 0.318. The van der Waals surface area contributed by atoms with Crippen molar-refractivity contribution in [3.05, 3.63) is 48.0 Å². The van der Waals surface area contributed by atoms with Gasteiger partial charge < -0.3 is 10.1 Å². The van der Waals surface area contributed by atoms with E-state index in [-0.39, 0.29) is 11.5 Å². The molecule has 1 amide bonds. The van der Waals surface area contributed by atoms with E-state index in [9.17, 15) is 4.79 Å². The first-order valence-electron chi connectivity index (χ1n) is 9.14. The number of rotatable bonds is 5. The van der Waals surface area contributed by atoms with E-state index in [2.05, 4.69) is 26.4 Å². The van der Waals surface area contributed by atoms with Crippen LogP contribution in [0.1, 0.15) is 28.8 Å². The van der Waals surface area contributed by atoms with Gasteiger partial charge in [-0.2, -0.15) is 5.10 Å². The molecule has 2 aliphatic heterocycles. The average Bonchev–Trinajstić information content (AvgIpc) is 3.07. The van der Waals surface area contributed by atoms with E-state index in [1.807, 2.05) is 12.3 Å². The summed E-state index contributed by atoms with van der Waals surface area (Å²) < 4.78 is 7.83. The average molecular weight is 355 g/mol. The zero-order valence-corrected chi connectivity index (χ0v) is 15.1. The normalized spacial score (nSPS) is 22.1. The molecule has 0 saturated carbocycles. The van der Waals surface area contributed by atoms with Crippen molar-refractivity contribution in [1.29, 1.82) is 0 Å². The highest BCUT2D eigenvalue weighted by molar-refractivity contribution is 5.93. The van der Waals surface area contributed by atoms with Crippen molar-refractivity contribution in [2.45, 2.75) is 25.0 Å². The molecule has 1 N–H and O–H groups in total. The number of amides is 1. The number of nitrogens with one attached hydrogen (secondary N) is 1. The molecule has 4 heterocycles. The summed E-state index contributed by atoms with van der Waals surface area (Å²) in [7, 11) is 1.81. The number of ether oxygens (including phenoxy) is 1. The summed E-state index contributed by atoms with van der Waals surface area (Å²) in [6, 6.07) is 4.09. The number of hydrogen-bond acceptors (Lipinski definition) is 5. The summed E-state index contributed by atoms with van der Waals surface area (Å²) in [5, 5.41) is 7.03. The number of hydrogen-bond donors (Lipinski definition) is 1. The molecule has 0 aliphatic carbocycles. The van der Waals surface area contributed by atoms with Crippen molar-refractivity contribution in [1.82, 2.24) is 25.0 Å². The Morgan fingerprint density at radius 2 is 2.31 bits per heavy atom. The minimum absolute atomic E-state index is 0.0199. The Kier molecular flexibility index (Phi) is 4.74. The minimum Gasteiger partial charge on any atom is -0.372 e. The van der Waals surface area contributed by atoms with Gasteiger partial charge in [0.25, 0.3) is 5.91 Å². The summed E-state index contributed by atoms with van der Waals surface area (Å²) in [4.78, 5) is 18.7. The zero-order chi connectivity index (χ0) is 18.0. The standard InChI is InChI=1S/C19H25N5O2/c1-23-11-17(9-22-23)18(25)21-8-16-4-5-19(26-12-16)13-24(14-19)10-15-3-2-6-20-7-15/h2-3,6-7,9,11,16H,4-5,8,10,12-14H2,1H3,(H,21,25)/t16-/m0/s1. The molecule has 2 saturated heterocycles. The lowest BCUT2D eigenvalue weighted by Crippen LogP contribution is -2.64. The Morgan fingerprint density at radius 1 is 1.42 bits per heavy atom. The molecule has 26 heavy (non-hydrogen) atoms. The summed E-state index contributed by atoms with van der Waals surface area (Å²) in [5.41, 5.74) is 1.87. The third-order valence-corrected chi connectivity index (χ3v) is 5.30. The van der Waals surface area contributed by atoms with Crippen molar-refractivity contribution in [3.63, 3.8) is 0 Å². The number of aromatic nitrogens is 3. The van der Waals surface area contributed by atoms with Gasteiger partial charge in [0.2, 0.25) is 0 Å². The van der Waals surface area contributed by atoms with E-state index in [0.29, 0.717) is 24.6 Å². The molecule has 0 radical (unpaired) electrons. The van der Waals surface area contributed by atoms with E-state index in [1.165, 1.54) is 5.56 Å². The quantitative estimate of drug-likeness (QED) is 0.873. The minimum atomic E-state index is -0.0651. The van der Waals surface area contributed by atoms with Crippen LogP contribution < -0.4 is 5.32 Å². The van der Waals surface area contributed by atoms with Crippen LogP contribution in [-0.2, 0) is 18.3 Å². The van der Waals surface area contributed by atoms with Crippen LogP contribution in [0.3, 0.4) is 0 Å². The Labute approximate surface area is 153 Å². The summed E-state index contributed by atoms with van der Waals surface area (Å²) >= 11 is 0. The Bertz CT molecular complexity index is 744. The fraction of sp³-hybridized carbons (Fsp3) is 0.526. The monoisotopic (exact) mass is 355 g/mol. The van der Waals surface area contributed by atoms with Crippen LogP contribution in [-0.4, -0.2) is 57.4 Å². The van der Waals surface area contributed by atoms with E-state index < -0.39 is 0 Å². The molecular weight excluding hydrogens is 330 g/mol. The molecule has 1 spiro atoms. The van der Waals surface area contributed by atoms with E-state index in [0.717, 1.165) is 32.5 Å². The molecule has 138 valence electrons. The first kappa shape index (κ1) is 17.2. The second kappa shape index (κ2) is 7.17. The second-order valence-corrected chi connectivity index (χ2v) is 7.52. The van der Waals surface area contributed by atoms with Gasteiger partial charge in [0.1, 0.15) is 0 Å². The molecule has 2 fully saturated rings. The van der Waals surface area contributed by atoms with Crippen LogP contribution in [0.15, 0.2) is 36.9 Å². The molecule has 2 aliphatic rings. The smallest absolute Gasteiger partial charge is 0.254 e. The van der Waals surface area contributed by atoms with Crippen LogP contribution in [0.4, 0.5) is 0 Å². The molecule has 1 atom stereocenters. The fourth-order valence-electron chi connectivity index (χ4n) is 3.84. The predicted octanol–water partition coefficient (Wildman–Crippen LogP) is 1.23. The lowest BCUT2D eigenvalue weighted by atomic mass is 9.82. The highest BCUT2D eigenvalue weighted by Crippen LogP contribution is 2.36. The fourth-order valence-corrected chi connectivity index (χ4v) is 3.84. The van der Waals surface area contributed by atoms with Crippen molar-refractivity contribution < 1.29 is 9.53 Å². The topological polar surface area (TPSA) is 72.3 Å². The first-order chi connectivity index (χ1) is 12.6. The van der Waals surface area contributed by atoms with E-state index in [4.69, 9.17) is 4.74 Å². The van der Waals surface area contributed by atoms with Gasteiger partial charge in [-0.15, -0.1) is 0 Å². The van der Waals surface area contributed by atoms with Crippen LogP contribution in [0.25, 0.3) is 0 Å². The highest BCUT2D eigenvalue weighted by Gasteiger charge is 2.46. The van der Waals surface area contributed by atoms with Crippen molar-refractivity contribution in [2.24, 2.45) is 13.0 Å². The van der Waals surface area contributed by atoms with E-state index >= 15 is 0 Å². The highest BCUT2D eigenvalue weighted by atomic mass is 16.5. The van der Waals surface area contributed by atoms with Gasteiger partial charge in [-0.05, 0) is 30.4 Å². The SMILES string of the molecule is Cn1cc(C(=O)NC[C@@H]2CCC3(CN(Cc4cccnc4)C3)OC2)cn1. The number of pyridine rings is 1. The van der Waals surface area contributed by atoms with Crippen molar-refractivity contribution >= 4 is 5.91 Å². The van der Waals surface area contributed by atoms with Crippen LogP contribution in [0.5, 0.6) is 0 Å². The number of nitrogens with zero attached hydrogens (tertiary/aromatic N) is 4. The number of aryl methyl sites for hydroxylation is 1. The summed E-state index contributed by atoms with van der Waals surface area (Å²) in [6.07, 6.45) is 9.20. The third-order valence-electron chi connectivity index (χ3n) is 5.30. The molecule has 0 unspecified atom stereocenters. The van der Waals surface area contributed by atoms with Crippen LogP contribution >= 0.6 is 0 Å². The molecule has 4 rings (SSSR count). The Balaban J connectivity index is 1.18. The molecule has 0 bridgehead atoms. The number of carbonyl (C=O) groups is 1. The lowest BCUT2D eigenvalue weighted by molar-refractivity contribution is -0.181. The van der Waals surface area contributed by atoms with Crippen molar-refractivity contribution in [3.8, 4) is 0 Å². The molecule has 2 aromatic rings. The Morgan fingerprint density at radius 3 is 2.96 bits per heavy atom. The van der Waals surface area contributed by atoms with Gasteiger partial charge in [0, 0.05) is 51.8 Å². The maximum atomic E-state index is 12.1. The van der Waals surface area contributed by atoms with Gasteiger partial charge in [0.15, 0.2) is 0 Å². The Hall–Kier alpha value is -2.25. The van der Waals surface area contributed by atoms with Gasteiger partial charge in [-0.25, -0.2) is 0 Å². The number of likely N-dealkylation sites (tertiary alicyclic amines) is 1. The summed E-state index contributed by atoms with van der Waals surface area (Å²) in [6.45, 7) is 4.27. The van der Waals surface area contributed by atoms with Gasteiger partial charge in [0.05, 0.1) is 24.0 Å². The molecule has 7 nitrogen and oxygen atoms in total. The predicted molar refractivity (Wildman–Crippen MR) is 96.5 cm³/mol. The van der Waals surface area contributed by atoms with Crippen LogP contribution in [0.2, 0.25) is 0 Å².